The number of rotatable bonds is 3. The lowest BCUT2D eigenvalue weighted by Crippen LogP contribution is -2.45. The molecule has 2 heterocycles. The van der Waals surface area contributed by atoms with Gasteiger partial charge in [-0.3, -0.25) is 4.79 Å². The van der Waals surface area contributed by atoms with Gasteiger partial charge in [0.05, 0.1) is 12.2 Å². The number of nitrogens with one attached hydrogen (secondary N) is 2. The molecule has 0 saturated carbocycles. The predicted molar refractivity (Wildman–Crippen MR) is 107 cm³/mol. The molecule has 3 amide bonds. The largest absolute Gasteiger partial charge is 0.493 e. The van der Waals surface area contributed by atoms with E-state index in [1.807, 2.05) is 4.90 Å². The van der Waals surface area contributed by atoms with Crippen molar-refractivity contribution in [1.82, 2.24) is 10.2 Å². The van der Waals surface area contributed by atoms with Crippen LogP contribution in [0.25, 0.3) is 0 Å². The molecule has 7 heteroatoms. The van der Waals surface area contributed by atoms with Gasteiger partial charge in [0.2, 0.25) is 0 Å². The maximum Gasteiger partial charge on any atom is 0.319 e. The van der Waals surface area contributed by atoms with Gasteiger partial charge >= 0.3 is 6.03 Å². The molecule has 0 aliphatic carbocycles. The number of hydrogen-bond donors (Lipinski definition) is 2. The summed E-state index contributed by atoms with van der Waals surface area (Å²) in [6, 6.07) is 10.9. The van der Waals surface area contributed by atoms with E-state index in [1.54, 1.807) is 30.3 Å². The molecule has 1 atom stereocenters. The molecular weight excluding hydrogens is 373 g/mol. The fourth-order valence-corrected chi connectivity index (χ4v) is 3.89. The fraction of sp³-hybridized carbons (Fsp3) is 0.364. The third-order valence-electron chi connectivity index (χ3n) is 5.43. The highest BCUT2D eigenvalue weighted by Gasteiger charge is 2.31. The van der Waals surface area contributed by atoms with Crippen molar-refractivity contribution in [3.05, 3.63) is 59.4 Å². The van der Waals surface area contributed by atoms with Crippen molar-refractivity contribution in [2.24, 2.45) is 0 Å². The Bertz CT molecular complexity index is 901. The highest BCUT2D eigenvalue weighted by Crippen LogP contribution is 2.30. The minimum atomic E-state index is -0.399. The number of amides is 3. The number of piperidine rings is 1. The third-order valence-corrected chi connectivity index (χ3v) is 5.43. The normalized spacial score (nSPS) is 18.6. The quantitative estimate of drug-likeness (QED) is 0.825. The number of benzene rings is 2. The van der Waals surface area contributed by atoms with Crippen LogP contribution in [0.15, 0.2) is 42.5 Å². The Labute approximate surface area is 169 Å². The summed E-state index contributed by atoms with van der Waals surface area (Å²) in [6.07, 6.45) is 4.00. The van der Waals surface area contributed by atoms with Crippen LogP contribution in [0.3, 0.4) is 0 Å². The van der Waals surface area contributed by atoms with E-state index in [4.69, 9.17) is 4.74 Å². The number of halogens is 1. The summed E-state index contributed by atoms with van der Waals surface area (Å²) < 4.78 is 18.8. The first-order valence-corrected chi connectivity index (χ1v) is 9.97. The van der Waals surface area contributed by atoms with Crippen molar-refractivity contribution < 1.29 is 18.7 Å². The molecule has 2 aromatic rings. The SMILES string of the molecule is O=C(NCc1ccc(F)cc1)Nc1ccc2c(c1)C(=O)N1CCCCC1CCO2. The van der Waals surface area contributed by atoms with Crippen LogP contribution in [-0.2, 0) is 6.54 Å². The zero-order valence-corrected chi connectivity index (χ0v) is 16.1. The van der Waals surface area contributed by atoms with E-state index < -0.39 is 6.03 Å². The van der Waals surface area contributed by atoms with E-state index in [2.05, 4.69) is 10.6 Å². The number of nitrogens with zero attached hydrogens (tertiary/aromatic N) is 1. The fourth-order valence-electron chi connectivity index (χ4n) is 3.89. The minimum absolute atomic E-state index is 0.0419. The van der Waals surface area contributed by atoms with Crippen LogP contribution in [0.1, 0.15) is 41.6 Å². The molecule has 152 valence electrons. The van der Waals surface area contributed by atoms with Crippen LogP contribution in [0.5, 0.6) is 5.75 Å². The molecule has 2 N–H and O–H groups in total. The Morgan fingerprint density at radius 2 is 1.97 bits per heavy atom. The van der Waals surface area contributed by atoms with Crippen molar-refractivity contribution >= 4 is 17.6 Å². The minimum Gasteiger partial charge on any atom is -0.493 e. The number of anilines is 1. The van der Waals surface area contributed by atoms with E-state index in [-0.39, 0.29) is 24.3 Å². The summed E-state index contributed by atoms with van der Waals surface area (Å²) in [4.78, 5) is 27.3. The van der Waals surface area contributed by atoms with Gasteiger partial charge in [-0.15, -0.1) is 0 Å². The molecular formula is C22H24FN3O3. The van der Waals surface area contributed by atoms with Crippen LogP contribution < -0.4 is 15.4 Å². The molecule has 29 heavy (non-hydrogen) atoms. The van der Waals surface area contributed by atoms with Gasteiger partial charge in [-0.05, 0) is 55.2 Å². The number of urea groups is 1. The second kappa shape index (κ2) is 8.51. The molecule has 0 radical (unpaired) electrons. The van der Waals surface area contributed by atoms with E-state index in [0.717, 1.165) is 37.8 Å². The van der Waals surface area contributed by atoms with Crippen LogP contribution in [0, 0.1) is 5.82 Å². The van der Waals surface area contributed by atoms with Gasteiger partial charge in [-0.2, -0.15) is 0 Å². The number of fused-ring (bicyclic) bond motifs is 2. The molecule has 2 aliphatic rings. The van der Waals surface area contributed by atoms with Gasteiger partial charge in [0.25, 0.3) is 5.91 Å². The summed E-state index contributed by atoms with van der Waals surface area (Å²) in [5.74, 6) is 0.192. The van der Waals surface area contributed by atoms with Gasteiger partial charge in [0, 0.05) is 31.2 Å². The summed E-state index contributed by atoms with van der Waals surface area (Å²) in [6.45, 7) is 1.61. The van der Waals surface area contributed by atoms with Gasteiger partial charge in [-0.25, -0.2) is 9.18 Å². The van der Waals surface area contributed by atoms with Gasteiger partial charge in [-0.1, -0.05) is 12.1 Å². The second-order valence-electron chi connectivity index (χ2n) is 7.43. The summed E-state index contributed by atoms with van der Waals surface area (Å²) in [5.41, 5.74) is 1.79. The van der Waals surface area contributed by atoms with Gasteiger partial charge < -0.3 is 20.3 Å². The Hall–Kier alpha value is -3.09. The molecule has 0 bridgehead atoms. The maximum absolute atomic E-state index is 13.1. The predicted octanol–water partition coefficient (Wildman–Crippen LogP) is 3.92. The standard InChI is InChI=1S/C22H24FN3O3/c23-16-6-4-15(5-7-16)14-24-22(28)25-17-8-9-20-19(13-17)21(27)26-11-2-1-3-18(26)10-12-29-20/h4-9,13,18H,1-3,10-12,14H2,(H2,24,25,28). The average Bonchev–Trinajstić information content (AvgIpc) is 2.73. The highest BCUT2D eigenvalue weighted by molar-refractivity contribution is 5.99. The molecule has 1 saturated heterocycles. The Balaban J connectivity index is 1.44. The molecule has 1 unspecified atom stereocenters. The van der Waals surface area contributed by atoms with E-state index in [0.29, 0.717) is 23.6 Å². The Kier molecular flexibility index (Phi) is 5.64. The lowest BCUT2D eigenvalue weighted by atomic mass is 9.97. The van der Waals surface area contributed by atoms with Crippen LogP contribution in [0.2, 0.25) is 0 Å². The van der Waals surface area contributed by atoms with E-state index >= 15 is 0 Å². The highest BCUT2D eigenvalue weighted by atomic mass is 19.1. The molecule has 6 nitrogen and oxygen atoms in total. The number of carbonyl (C=O) groups excluding carboxylic acids is 2. The van der Waals surface area contributed by atoms with Crippen molar-refractivity contribution in [2.45, 2.75) is 38.3 Å². The smallest absolute Gasteiger partial charge is 0.319 e. The molecule has 2 aliphatic heterocycles. The summed E-state index contributed by atoms with van der Waals surface area (Å²) in [5, 5.41) is 5.48. The van der Waals surface area contributed by atoms with Crippen molar-refractivity contribution in [2.75, 3.05) is 18.5 Å². The Morgan fingerprint density at radius 3 is 2.79 bits per heavy atom. The molecule has 4 rings (SSSR count). The van der Waals surface area contributed by atoms with Crippen LogP contribution >= 0.6 is 0 Å². The van der Waals surface area contributed by atoms with Crippen molar-refractivity contribution in [3.8, 4) is 5.75 Å². The Morgan fingerprint density at radius 1 is 1.14 bits per heavy atom. The lowest BCUT2D eigenvalue weighted by Gasteiger charge is -2.37. The molecule has 0 aromatic heterocycles. The first kappa shape index (κ1) is 19.2. The number of carbonyl (C=O) groups is 2. The lowest BCUT2D eigenvalue weighted by molar-refractivity contribution is 0.0548. The maximum atomic E-state index is 13.1. The van der Waals surface area contributed by atoms with E-state index in [9.17, 15) is 14.0 Å². The van der Waals surface area contributed by atoms with Crippen LogP contribution in [0.4, 0.5) is 14.9 Å². The summed E-state index contributed by atoms with van der Waals surface area (Å²) in [7, 11) is 0. The van der Waals surface area contributed by atoms with Gasteiger partial charge in [0.15, 0.2) is 0 Å². The molecule has 0 spiro atoms. The van der Waals surface area contributed by atoms with Gasteiger partial charge in [0.1, 0.15) is 11.6 Å². The third kappa shape index (κ3) is 4.50. The molecule has 1 fully saturated rings. The number of ether oxygens (including phenoxy) is 1. The average molecular weight is 397 g/mol. The van der Waals surface area contributed by atoms with Crippen LogP contribution in [-0.4, -0.2) is 36.0 Å². The topological polar surface area (TPSA) is 70.7 Å². The number of hydrogen-bond acceptors (Lipinski definition) is 3. The first-order chi connectivity index (χ1) is 14.1. The van der Waals surface area contributed by atoms with Crippen molar-refractivity contribution in [1.29, 1.82) is 0 Å². The zero-order chi connectivity index (χ0) is 20.2. The van der Waals surface area contributed by atoms with Crippen molar-refractivity contribution in [3.63, 3.8) is 0 Å². The molecule has 2 aromatic carbocycles. The zero-order valence-electron chi connectivity index (χ0n) is 16.1. The summed E-state index contributed by atoms with van der Waals surface area (Å²) >= 11 is 0. The first-order valence-electron chi connectivity index (χ1n) is 9.97. The van der Waals surface area contributed by atoms with E-state index in [1.165, 1.54) is 12.1 Å². The monoisotopic (exact) mass is 397 g/mol. The second-order valence-corrected chi connectivity index (χ2v) is 7.43.